The van der Waals surface area contributed by atoms with E-state index in [1.54, 1.807) is 17.6 Å². The molecule has 5 nitrogen and oxygen atoms in total. The molecular weight excluding hydrogens is 292 g/mol. The van der Waals surface area contributed by atoms with Crippen molar-refractivity contribution in [1.82, 2.24) is 5.48 Å². The van der Waals surface area contributed by atoms with Crippen LogP contribution in [-0.4, -0.2) is 17.0 Å². The van der Waals surface area contributed by atoms with Crippen LogP contribution in [0.15, 0.2) is 41.4 Å². The third kappa shape index (κ3) is 2.66. The van der Waals surface area contributed by atoms with Crippen molar-refractivity contribution in [3.8, 4) is 0 Å². The standard InChI is InChI=1S/C15H11F2N3O2/c16-11-5-9-6-14(19-13(9)7-12(11)17)18-10-3-1-2-8(4-10)15(21)20-22/h1-5,7,22H,6H2,(H,18,19)(H,20,21). The second-order valence-electron chi connectivity index (χ2n) is 4.78. The molecule has 112 valence electrons. The van der Waals surface area contributed by atoms with Crippen molar-refractivity contribution in [3.05, 3.63) is 59.2 Å². The fourth-order valence-corrected chi connectivity index (χ4v) is 2.23. The average molecular weight is 303 g/mol. The molecule has 1 heterocycles. The number of fused-ring (bicyclic) bond motifs is 1. The number of rotatable bonds is 2. The molecule has 0 saturated carbocycles. The fourth-order valence-electron chi connectivity index (χ4n) is 2.23. The summed E-state index contributed by atoms with van der Waals surface area (Å²) in [6.07, 6.45) is 0.336. The largest absolute Gasteiger partial charge is 0.343 e. The summed E-state index contributed by atoms with van der Waals surface area (Å²) in [5.41, 5.74) is 3.36. The summed E-state index contributed by atoms with van der Waals surface area (Å²) >= 11 is 0. The molecule has 3 N–H and O–H groups in total. The Kier molecular flexibility index (Phi) is 3.56. The molecule has 0 bridgehead atoms. The molecule has 0 saturated heterocycles. The summed E-state index contributed by atoms with van der Waals surface area (Å²) < 4.78 is 26.4. The van der Waals surface area contributed by atoms with Gasteiger partial charge in [-0.05, 0) is 29.8 Å². The lowest BCUT2D eigenvalue weighted by atomic mass is 10.1. The van der Waals surface area contributed by atoms with Crippen LogP contribution in [0.25, 0.3) is 0 Å². The average Bonchev–Trinajstić information content (AvgIpc) is 2.88. The molecule has 0 spiro atoms. The molecule has 0 aromatic heterocycles. The predicted octanol–water partition coefficient (Wildman–Crippen LogP) is 2.78. The Morgan fingerprint density at radius 2 is 1.95 bits per heavy atom. The summed E-state index contributed by atoms with van der Waals surface area (Å²) in [6, 6.07) is 8.58. The fraction of sp³-hybridized carbons (Fsp3) is 0.0667. The van der Waals surface area contributed by atoms with Crippen LogP contribution in [0.2, 0.25) is 0 Å². The van der Waals surface area contributed by atoms with E-state index < -0.39 is 17.5 Å². The number of hydrogen-bond donors (Lipinski definition) is 3. The van der Waals surface area contributed by atoms with Crippen LogP contribution in [0, 0.1) is 11.6 Å². The highest BCUT2D eigenvalue weighted by Crippen LogP contribution is 2.29. The third-order valence-corrected chi connectivity index (χ3v) is 3.25. The first-order chi connectivity index (χ1) is 10.6. The molecule has 0 unspecified atom stereocenters. The molecule has 2 aromatic rings. The van der Waals surface area contributed by atoms with Gasteiger partial charge in [0, 0.05) is 23.7 Å². The van der Waals surface area contributed by atoms with Gasteiger partial charge in [0.05, 0.1) is 5.69 Å². The molecule has 22 heavy (non-hydrogen) atoms. The van der Waals surface area contributed by atoms with E-state index >= 15 is 0 Å². The number of nitrogens with zero attached hydrogens (tertiary/aromatic N) is 1. The lowest BCUT2D eigenvalue weighted by Crippen LogP contribution is -2.19. The van der Waals surface area contributed by atoms with E-state index in [1.807, 2.05) is 0 Å². The van der Waals surface area contributed by atoms with Gasteiger partial charge in [0.1, 0.15) is 5.84 Å². The van der Waals surface area contributed by atoms with Gasteiger partial charge in [-0.3, -0.25) is 10.0 Å². The molecule has 0 aliphatic carbocycles. The first kappa shape index (κ1) is 14.2. The minimum Gasteiger partial charge on any atom is -0.343 e. The van der Waals surface area contributed by atoms with Gasteiger partial charge in [-0.2, -0.15) is 0 Å². The van der Waals surface area contributed by atoms with Crippen molar-refractivity contribution in [1.29, 1.82) is 0 Å². The van der Waals surface area contributed by atoms with Crippen molar-refractivity contribution in [2.45, 2.75) is 6.42 Å². The minimum atomic E-state index is -0.939. The number of hydrogen-bond acceptors (Lipinski definition) is 4. The van der Waals surface area contributed by atoms with Crippen molar-refractivity contribution in [2.75, 3.05) is 5.32 Å². The lowest BCUT2D eigenvalue weighted by Gasteiger charge is -2.07. The van der Waals surface area contributed by atoms with E-state index in [0.717, 1.165) is 12.1 Å². The molecule has 3 rings (SSSR count). The van der Waals surface area contributed by atoms with Gasteiger partial charge < -0.3 is 5.32 Å². The number of anilines is 1. The van der Waals surface area contributed by atoms with Crippen LogP contribution in [0.4, 0.5) is 20.2 Å². The molecule has 7 heteroatoms. The second kappa shape index (κ2) is 5.53. The Morgan fingerprint density at radius 3 is 2.73 bits per heavy atom. The van der Waals surface area contributed by atoms with Gasteiger partial charge in [-0.25, -0.2) is 19.3 Å². The van der Waals surface area contributed by atoms with Crippen LogP contribution in [0.5, 0.6) is 0 Å². The monoisotopic (exact) mass is 303 g/mol. The molecule has 1 aliphatic heterocycles. The Bertz CT molecular complexity index is 790. The van der Waals surface area contributed by atoms with E-state index in [4.69, 9.17) is 5.21 Å². The van der Waals surface area contributed by atoms with Crippen LogP contribution in [0.1, 0.15) is 15.9 Å². The molecule has 1 aliphatic rings. The summed E-state index contributed by atoms with van der Waals surface area (Å²) in [5.74, 6) is -1.96. The Morgan fingerprint density at radius 1 is 1.18 bits per heavy atom. The summed E-state index contributed by atoms with van der Waals surface area (Å²) in [7, 11) is 0. The number of hydroxylamine groups is 1. The topological polar surface area (TPSA) is 73.7 Å². The zero-order chi connectivity index (χ0) is 15.7. The number of aliphatic imine (C=N–C) groups is 1. The third-order valence-electron chi connectivity index (χ3n) is 3.25. The van der Waals surface area contributed by atoms with Gasteiger partial charge in [0.25, 0.3) is 5.91 Å². The van der Waals surface area contributed by atoms with E-state index in [9.17, 15) is 13.6 Å². The number of amides is 1. The van der Waals surface area contributed by atoms with Crippen molar-refractivity contribution in [2.24, 2.45) is 4.99 Å². The summed E-state index contributed by atoms with van der Waals surface area (Å²) in [4.78, 5) is 15.5. The molecule has 0 fully saturated rings. The number of halogens is 2. The number of carbonyl (C=O) groups is 1. The first-order valence-corrected chi connectivity index (χ1v) is 6.44. The normalized spacial score (nSPS) is 12.6. The summed E-state index contributed by atoms with van der Waals surface area (Å²) in [6.45, 7) is 0. The minimum absolute atomic E-state index is 0.265. The maximum absolute atomic E-state index is 13.2. The smallest absolute Gasteiger partial charge is 0.274 e. The summed E-state index contributed by atoms with van der Waals surface area (Å²) in [5, 5.41) is 11.6. The van der Waals surface area contributed by atoms with Crippen LogP contribution in [-0.2, 0) is 6.42 Å². The Balaban J connectivity index is 1.81. The van der Waals surface area contributed by atoms with E-state index in [0.29, 0.717) is 29.2 Å². The predicted molar refractivity (Wildman–Crippen MR) is 76.5 cm³/mol. The first-order valence-electron chi connectivity index (χ1n) is 6.44. The number of nitrogens with one attached hydrogen (secondary N) is 2. The van der Waals surface area contributed by atoms with Crippen molar-refractivity contribution >= 4 is 23.1 Å². The van der Waals surface area contributed by atoms with Crippen LogP contribution < -0.4 is 10.8 Å². The van der Waals surface area contributed by atoms with Gasteiger partial charge in [-0.1, -0.05) is 6.07 Å². The molecule has 0 radical (unpaired) electrons. The maximum atomic E-state index is 13.2. The maximum Gasteiger partial charge on any atom is 0.274 e. The number of amidine groups is 1. The number of carbonyl (C=O) groups excluding carboxylic acids is 1. The van der Waals surface area contributed by atoms with Gasteiger partial charge in [-0.15, -0.1) is 0 Å². The van der Waals surface area contributed by atoms with Crippen LogP contribution >= 0.6 is 0 Å². The zero-order valence-corrected chi connectivity index (χ0v) is 11.2. The lowest BCUT2D eigenvalue weighted by molar-refractivity contribution is 0.0706. The molecule has 2 aromatic carbocycles. The van der Waals surface area contributed by atoms with Gasteiger partial charge >= 0.3 is 0 Å². The molecule has 1 amide bonds. The quantitative estimate of drug-likeness (QED) is 0.590. The van der Waals surface area contributed by atoms with Crippen LogP contribution in [0.3, 0.4) is 0 Å². The van der Waals surface area contributed by atoms with Crippen molar-refractivity contribution in [3.63, 3.8) is 0 Å². The van der Waals surface area contributed by atoms with Gasteiger partial charge in [0.15, 0.2) is 11.6 Å². The highest BCUT2D eigenvalue weighted by atomic mass is 19.2. The van der Waals surface area contributed by atoms with E-state index in [-0.39, 0.29) is 5.56 Å². The highest BCUT2D eigenvalue weighted by molar-refractivity contribution is 6.03. The highest BCUT2D eigenvalue weighted by Gasteiger charge is 2.18. The van der Waals surface area contributed by atoms with Gasteiger partial charge in [0.2, 0.25) is 0 Å². The Hall–Kier alpha value is -2.80. The van der Waals surface area contributed by atoms with E-state index in [2.05, 4.69) is 10.3 Å². The molecule has 0 atom stereocenters. The molecular formula is C15H11F2N3O2. The zero-order valence-electron chi connectivity index (χ0n) is 11.2. The second-order valence-corrected chi connectivity index (χ2v) is 4.78. The SMILES string of the molecule is O=C(NO)c1cccc(NC2=Nc3cc(F)c(F)cc3C2)c1. The van der Waals surface area contributed by atoms with E-state index in [1.165, 1.54) is 12.1 Å². The van der Waals surface area contributed by atoms with Crippen molar-refractivity contribution < 1.29 is 18.8 Å². The number of benzene rings is 2. The Labute approximate surface area is 124 Å².